The lowest BCUT2D eigenvalue weighted by molar-refractivity contribution is -0.119. The van der Waals surface area contributed by atoms with Crippen molar-refractivity contribution in [3.63, 3.8) is 0 Å². The molecule has 1 heterocycles. The Bertz CT molecular complexity index is 575. The highest BCUT2D eigenvalue weighted by Gasteiger charge is 2.21. The van der Waals surface area contributed by atoms with Gasteiger partial charge in [-0.25, -0.2) is 0 Å². The van der Waals surface area contributed by atoms with Crippen LogP contribution in [0, 0.1) is 5.92 Å². The van der Waals surface area contributed by atoms with Gasteiger partial charge in [0.2, 0.25) is 5.91 Å². The number of nitrogens with two attached hydrogens (primary N) is 1. The summed E-state index contributed by atoms with van der Waals surface area (Å²) in [5, 5.41) is 5.64. The van der Waals surface area contributed by atoms with E-state index in [0.717, 1.165) is 0 Å². The Labute approximate surface area is 128 Å². The molecule has 1 atom stereocenters. The molecule has 1 aliphatic heterocycles. The number of halogens is 1. The van der Waals surface area contributed by atoms with Gasteiger partial charge in [-0.15, -0.1) is 0 Å². The van der Waals surface area contributed by atoms with Crippen molar-refractivity contribution in [3.8, 4) is 5.75 Å². The molecule has 1 aromatic rings. The minimum absolute atomic E-state index is 0.0606. The van der Waals surface area contributed by atoms with Gasteiger partial charge in [0, 0.05) is 6.07 Å². The normalized spacial score (nSPS) is 15.0. The Morgan fingerprint density at radius 1 is 1.52 bits per heavy atom. The Hall–Kier alpha value is -1.79. The molecule has 0 aromatic heterocycles. The van der Waals surface area contributed by atoms with Gasteiger partial charge in [-0.2, -0.15) is 0 Å². The average Bonchev–Trinajstić information content (AvgIpc) is 2.39. The highest BCUT2D eigenvalue weighted by molar-refractivity contribution is 6.34. The zero-order chi connectivity index (χ0) is 15.6. The number of nitrogens with one attached hydrogen (secondary N) is 2. The van der Waals surface area contributed by atoms with Crippen molar-refractivity contribution in [1.29, 1.82) is 0 Å². The number of carbonyl (C=O) groups excluding carboxylic acids is 2. The van der Waals surface area contributed by atoms with Crippen LogP contribution in [0.15, 0.2) is 12.1 Å². The smallest absolute Gasteiger partial charge is 0.262 e. The van der Waals surface area contributed by atoms with Crippen LogP contribution >= 0.6 is 11.6 Å². The number of carbonyl (C=O) groups is 2. The number of fused-ring (bicyclic) bond motifs is 1. The predicted molar refractivity (Wildman–Crippen MR) is 81.6 cm³/mol. The van der Waals surface area contributed by atoms with E-state index in [0.29, 0.717) is 34.5 Å². The number of amides is 2. The average molecular weight is 312 g/mol. The molecule has 0 unspecified atom stereocenters. The minimum Gasteiger partial charge on any atom is -0.482 e. The van der Waals surface area contributed by atoms with Gasteiger partial charge < -0.3 is 21.1 Å². The van der Waals surface area contributed by atoms with Gasteiger partial charge in [-0.1, -0.05) is 25.4 Å². The topological polar surface area (TPSA) is 93.5 Å². The number of rotatable bonds is 4. The van der Waals surface area contributed by atoms with Crippen LogP contribution in [-0.4, -0.2) is 24.5 Å². The van der Waals surface area contributed by atoms with E-state index in [1.165, 1.54) is 6.07 Å². The summed E-state index contributed by atoms with van der Waals surface area (Å²) in [5.41, 5.74) is 6.73. The summed E-state index contributed by atoms with van der Waals surface area (Å²) in [6.07, 6.45) is 0.584. The van der Waals surface area contributed by atoms with Crippen LogP contribution in [-0.2, 0) is 9.59 Å². The molecule has 2 amide bonds. The molecular formula is C14H18ClN3O3. The van der Waals surface area contributed by atoms with Gasteiger partial charge in [-0.05, 0) is 18.4 Å². The van der Waals surface area contributed by atoms with Gasteiger partial charge >= 0.3 is 0 Å². The van der Waals surface area contributed by atoms with Gasteiger partial charge in [-0.3, -0.25) is 9.59 Å². The van der Waals surface area contributed by atoms with Crippen LogP contribution in [0.3, 0.4) is 0 Å². The van der Waals surface area contributed by atoms with Crippen molar-refractivity contribution in [2.75, 3.05) is 17.2 Å². The third-order valence-electron chi connectivity index (χ3n) is 3.02. The quantitative estimate of drug-likeness (QED) is 0.792. The van der Waals surface area contributed by atoms with E-state index in [1.807, 2.05) is 13.8 Å². The first-order valence-electron chi connectivity index (χ1n) is 6.69. The van der Waals surface area contributed by atoms with Crippen LogP contribution in [0.4, 0.5) is 11.4 Å². The zero-order valence-electron chi connectivity index (χ0n) is 11.9. The third kappa shape index (κ3) is 3.86. The Balaban J connectivity index is 2.14. The molecule has 0 aliphatic carbocycles. The highest BCUT2D eigenvalue weighted by Crippen LogP contribution is 2.36. The van der Waals surface area contributed by atoms with Gasteiger partial charge in [0.25, 0.3) is 5.91 Å². The molecular weight excluding hydrogens is 294 g/mol. The Kier molecular flexibility index (Phi) is 4.69. The molecule has 2 rings (SSSR count). The van der Waals surface area contributed by atoms with Crippen LogP contribution in [0.25, 0.3) is 0 Å². The molecule has 21 heavy (non-hydrogen) atoms. The fourth-order valence-corrected chi connectivity index (χ4v) is 2.25. The standard InChI is InChI=1S/C14H18ClN3O3/c1-7(2)3-9(16)14(20)18-10-5-12-11(4-8(10)15)17-13(19)6-21-12/h4-5,7,9H,3,6,16H2,1-2H3,(H,17,19)(H,18,20)/t9-/m0/s1. The maximum Gasteiger partial charge on any atom is 0.262 e. The summed E-state index contributed by atoms with van der Waals surface area (Å²) in [7, 11) is 0. The fraction of sp³-hybridized carbons (Fsp3) is 0.429. The Morgan fingerprint density at radius 2 is 2.24 bits per heavy atom. The second kappa shape index (κ2) is 6.32. The van der Waals surface area contributed by atoms with Crippen molar-refractivity contribution in [2.24, 2.45) is 11.7 Å². The molecule has 4 N–H and O–H groups in total. The van der Waals surface area contributed by atoms with Crippen molar-refractivity contribution in [1.82, 2.24) is 0 Å². The van der Waals surface area contributed by atoms with E-state index < -0.39 is 6.04 Å². The summed E-state index contributed by atoms with van der Waals surface area (Å²) in [6.45, 7) is 3.93. The number of ether oxygens (including phenoxy) is 1. The highest BCUT2D eigenvalue weighted by atomic mass is 35.5. The molecule has 6 nitrogen and oxygen atoms in total. The fourth-order valence-electron chi connectivity index (χ4n) is 2.04. The lowest BCUT2D eigenvalue weighted by Gasteiger charge is -2.20. The largest absolute Gasteiger partial charge is 0.482 e. The predicted octanol–water partition coefficient (Wildman–Crippen LogP) is 1.98. The molecule has 0 saturated heterocycles. The van der Waals surface area contributed by atoms with Crippen LogP contribution in [0.1, 0.15) is 20.3 Å². The van der Waals surface area contributed by atoms with Crippen molar-refractivity contribution < 1.29 is 14.3 Å². The molecule has 0 fully saturated rings. The maximum atomic E-state index is 12.0. The van der Waals surface area contributed by atoms with E-state index in [2.05, 4.69) is 10.6 Å². The minimum atomic E-state index is -0.599. The summed E-state index contributed by atoms with van der Waals surface area (Å²) in [5.74, 6) is 0.245. The number of hydrogen-bond donors (Lipinski definition) is 3. The van der Waals surface area contributed by atoms with Crippen molar-refractivity contribution in [2.45, 2.75) is 26.3 Å². The molecule has 0 spiro atoms. The van der Waals surface area contributed by atoms with Crippen LogP contribution in [0.5, 0.6) is 5.75 Å². The monoisotopic (exact) mass is 311 g/mol. The number of anilines is 2. The second-order valence-corrected chi connectivity index (χ2v) is 5.80. The first-order chi connectivity index (χ1) is 9.86. The molecule has 1 aliphatic rings. The van der Waals surface area contributed by atoms with E-state index >= 15 is 0 Å². The van der Waals surface area contributed by atoms with Crippen LogP contribution < -0.4 is 21.1 Å². The van der Waals surface area contributed by atoms with Crippen molar-refractivity contribution >= 4 is 34.8 Å². The van der Waals surface area contributed by atoms with E-state index in [9.17, 15) is 9.59 Å². The van der Waals surface area contributed by atoms with Gasteiger partial charge in [0.1, 0.15) is 5.75 Å². The molecule has 114 valence electrons. The zero-order valence-corrected chi connectivity index (χ0v) is 12.7. The summed E-state index contributed by atoms with van der Waals surface area (Å²) >= 11 is 6.10. The maximum absolute atomic E-state index is 12.0. The number of benzene rings is 1. The van der Waals surface area contributed by atoms with Crippen molar-refractivity contribution in [3.05, 3.63) is 17.2 Å². The SMILES string of the molecule is CC(C)C[C@H](N)C(=O)Nc1cc2c(cc1Cl)NC(=O)CO2. The lowest BCUT2D eigenvalue weighted by Crippen LogP contribution is -2.36. The third-order valence-corrected chi connectivity index (χ3v) is 3.33. The molecule has 0 saturated carbocycles. The van der Waals surface area contributed by atoms with Gasteiger partial charge in [0.15, 0.2) is 6.61 Å². The van der Waals surface area contributed by atoms with Gasteiger partial charge in [0.05, 0.1) is 22.4 Å². The summed E-state index contributed by atoms with van der Waals surface area (Å²) in [4.78, 5) is 23.2. The van der Waals surface area contributed by atoms with E-state index in [1.54, 1.807) is 6.07 Å². The molecule has 0 bridgehead atoms. The molecule has 7 heteroatoms. The Morgan fingerprint density at radius 3 is 2.90 bits per heavy atom. The first-order valence-corrected chi connectivity index (χ1v) is 7.07. The van der Waals surface area contributed by atoms with E-state index in [4.69, 9.17) is 22.1 Å². The lowest BCUT2D eigenvalue weighted by atomic mass is 10.0. The summed E-state index contributed by atoms with van der Waals surface area (Å²) in [6, 6.07) is 2.52. The first kappa shape index (κ1) is 15.6. The summed E-state index contributed by atoms with van der Waals surface area (Å²) < 4.78 is 5.28. The number of hydrogen-bond acceptors (Lipinski definition) is 4. The molecule has 1 aromatic carbocycles. The van der Waals surface area contributed by atoms with E-state index in [-0.39, 0.29) is 18.4 Å². The second-order valence-electron chi connectivity index (χ2n) is 5.39. The molecule has 0 radical (unpaired) electrons. The van der Waals surface area contributed by atoms with Crippen LogP contribution in [0.2, 0.25) is 5.02 Å².